The van der Waals surface area contributed by atoms with Crippen molar-refractivity contribution in [1.29, 1.82) is 0 Å². The molecule has 17 heavy (non-hydrogen) atoms. The van der Waals surface area contributed by atoms with Crippen molar-refractivity contribution >= 4 is 27.3 Å². The van der Waals surface area contributed by atoms with Crippen LogP contribution in [0.25, 0.3) is 0 Å². The molecule has 3 N–H and O–H groups in total. The molecular formula is C13H15BrN2S. The molecule has 0 saturated heterocycles. The standard InChI is InChI=1S/C13H15BrN2S/c1-2-9-5-3-4-6-10(9)12(16-15)13-11(14)7-8-17-13/h3-8,12,16H,2,15H2,1H3. The molecule has 0 bridgehead atoms. The largest absolute Gasteiger partial charge is 0.271 e. The molecule has 0 aliphatic rings. The number of hydrazine groups is 1. The van der Waals surface area contributed by atoms with Gasteiger partial charge in [-0.15, -0.1) is 11.3 Å². The summed E-state index contributed by atoms with van der Waals surface area (Å²) in [6.45, 7) is 2.16. The first-order valence-electron chi connectivity index (χ1n) is 5.54. The Kier molecular flexibility index (Phi) is 4.34. The normalized spacial score (nSPS) is 12.6. The van der Waals surface area contributed by atoms with Crippen LogP contribution in [0, 0.1) is 0 Å². The molecule has 2 aromatic rings. The Morgan fingerprint density at radius 2 is 2.12 bits per heavy atom. The van der Waals surface area contributed by atoms with E-state index in [1.165, 1.54) is 16.0 Å². The Balaban J connectivity index is 2.46. The number of benzene rings is 1. The lowest BCUT2D eigenvalue weighted by Gasteiger charge is -2.18. The molecule has 0 spiro atoms. The highest BCUT2D eigenvalue weighted by molar-refractivity contribution is 9.10. The third-order valence-corrected chi connectivity index (χ3v) is 4.76. The summed E-state index contributed by atoms with van der Waals surface area (Å²) in [5.41, 5.74) is 5.50. The molecule has 1 heterocycles. The van der Waals surface area contributed by atoms with Gasteiger partial charge in [0.25, 0.3) is 0 Å². The van der Waals surface area contributed by atoms with Gasteiger partial charge in [-0.2, -0.15) is 0 Å². The lowest BCUT2D eigenvalue weighted by Crippen LogP contribution is -2.29. The van der Waals surface area contributed by atoms with Crippen molar-refractivity contribution < 1.29 is 0 Å². The van der Waals surface area contributed by atoms with Crippen LogP contribution in [0.1, 0.15) is 29.0 Å². The first-order valence-corrected chi connectivity index (χ1v) is 7.22. The number of hydrogen-bond acceptors (Lipinski definition) is 3. The third kappa shape index (κ3) is 2.60. The predicted octanol–water partition coefficient (Wildman–Crippen LogP) is 3.63. The molecule has 1 aromatic carbocycles. The first kappa shape index (κ1) is 12.8. The molecule has 1 aromatic heterocycles. The molecule has 0 aliphatic heterocycles. The van der Waals surface area contributed by atoms with E-state index in [1.807, 2.05) is 0 Å². The minimum Gasteiger partial charge on any atom is -0.271 e. The maximum absolute atomic E-state index is 5.72. The van der Waals surface area contributed by atoms with Crippen molar-refractivity contribution in [3.05, 3.63) is 56.2 Å². The number of nitrogens with two attached hydrogens (primary N) is 1. The SMILES string of the molecule is CCc1ccccc1C(NN)c1sccc1Br. The fourth-order valence-electron chi connectivity index (χ4n) is 1.96. The second-order valence-corrected chi connectivity index (χ2v) is 5.59. The topological polar surface area (TPSA) is 38.0 Å². The molecule has 1 atom stereocenters. The summed E-state index contributed by atoms with van der Waals surface area (Å²) in [6.07, 6.45) is 1.01. The number of thiophene rings is 1. The average Bonchev–Trinajstić information content (AvgIpc) is 2.78. The zero-order chi connectivity index (χ0) is 12.3. The molecule has 0 aliphatic carbocycles. The van der Waals surface area contributed by atoms with Crippen molar-refractivity contribution in [2.45, 2.75) is 19.4 Å². The van der Waals surface area contributed by atoms with Crippen molar-refractivity contribution in [2.24, 2.45) is 5.84 Å². The van der Waals surface area contributed by atoms with E-state index in [1.54, 1.807) is 11.3 Å². The van der Waals surface area contributed by atoms with E-state index in [4.69, 9.17) is 5.84 Å². The summed E-state index contributed by atoms with van der Waals surface area (Å²) < 4.78 is 1.11. The van der Waals surface area contributed by atoms with Crippen LogP contribution in [0.2, 0.25) is 0 Å². The van der Waals surface area contributed by atoms with Crippen molar-refractivity contribution in [1.82, 2.24) is 5.43 Å². The van der Waals surface area contributed by atoms with Crippen LogP contribution in [0.4, 0.5) is 0 Å². The summed E-state index contributed by atoms with van der Waals surface area (Å²) >= 11 is 5.27. The summed E-state index contributed by atoms with van der Waals surface area (Å²) in [4.78, 5) is 1.22. The van der Waals surface area contributed by atoms with Gasteiger partial charge < -0.3 is 0 Å². The number of hydrogen-bond donors (Lipinski definition) is 2. The lowest BCUT2D eigenvalue weighted by atomic mass is 9.98. The Hall–Kier alpha value is -0.680. The summed E-state index contributed by atoms with van der Waals surface area (Å²) in [6, 6.07) is 10.5. The molecule has 2 rings (SSSR count). The summed E-state index contributed by atoms with van der Waals surface area (Å²) in [7, 11) is 0. The van der Waals surface area contributed by atoms with Crippen LogP contribution in [-0.4, -0.2) is 0 Å². The monoisotopic (exact) mass is 310 g/mol. The van der Waals surface area contributed by atoms with Gasteiger partial charge in [0.1, 0.15) is 0 Å². The number of halogens is 1. The van der Waals surface area contributed by atoms with Crippen LogP contribution >= 0.6 is 27.3 Å². The molecule has 0 radical (unpaired) electrons. The van der Waals surface area contributed by atoms with E-state index in [0.717, 1.165) is 10.9 Å². The van der Waals surface area contributed by atoms with Crippen molar-refractivity contribution in [2.75, 3.05) is 0 Å². The summed E-state index contributed by atoms with van der Waals surface area (Å²) in [5, 5.41) is 2.07. The Labute approximate surface area is 114 Å². The number of rotatable bonds is 4. The number of nitrogens with one attached hydrogen (secondary N) is 1. The molecule has 0 amide bonds. The third-order valence-electron chi connectivity index (χ3n) is 2.82. The fraction of sp³-hybridized carbons (Fsp3) is 0.231. The first-order chi connectivity index (χ1) is 8.27. The van der Waals surface area contributed by atoms with Gasteiger partial charge in [-0.25, -0.2) is 5.43 Å². The smallest absolute Gasteiger partial charge is 0.0816 e. The van der Waals surface area contributed by atoms with Gasteiger partial charge in [0.2, 0.25) is 0 Å². The average molecular weight is 311 g/mol. The molecule has 90 valence electrons. The minimum absolute atomic E-state index is 0.0560. The van der Waals surface area contributed by atoms with Crippen molar-refractivity contribution in [3.8, 4) is 0 Å². The molecular weight excluding hydrogens is 296 g/mol. The second kappa shape index (κ2) is 5.78. The van der Waals surface area contributed by atoms with Gasteiger partial charge in [-0.3, -0.25) is 5.84 Å². The van der Waals surface area contributed by atoms with Gasteiger partial charge in [-0.1, -0.05) is 31.2 Å². The van der Waals surface area contributed by atoms with Crippen LogP contribution in [-0.2, 0) is 6.42 Å². The van der Waals surface area contributed by atoms with E-state index in [9.17, 15) is 0 Å². The van der Waals surface area contributed by atoms with Gasteiger partial charge >= 0.3 is 0 Å². The highest BCUT2D eigenvalue weighted by atomic mass is 79.9. The van der Waals surface area contributed by atoms with E-state index >= 15 is 0 Å². The fourth-order valence-corrected chi connectivity index (χ4v) is 3.63. The second-order valence-electron chi connectivity index (χ2n) is 3.78. The van der Waals surface area contributed by atoms with Gasteiger partial charge in [0.15, 0.2) is 0 Å². The molecule has 0 fully saturated rings. The Morgan fingerprint density at radius 3 is 2.71 bits per heavy atom. The van der Waals surface area contributed by atoms with Crippen molar-refractivity contribution in [3.63, 3.8) is 0 Å². The van der Waals surface area contributed by atoms with E-state index < -0.39 is 0 Å². The highest BCUT2D eigenvalue weighted by Gasteiger charge is 2.18. The maximum Gasteiger partial charge on any atom is 0.0816 e. The Bertz CT molecular complexity index is 496. The van der Waals surface area contributed by atoms with Crippen LogP contribution in [0.15, 0.2) is 40.2 Å². The van der Waals surface area contributed by atoms with Crippen LogP contribution in [0.5, 0.6) is 0 Å². The van der Waals surface area contributed by atoms with Gasteiger partial charge in [0, 0.05) is 9.35 Å². The molecule has 0 saturated carbocycles. The predicted molar refractivity (Wildman–Crippen MR) is 77.0 cm³/mol. The minimum atomic E-state index is 0.0560. The van der Waals surface area contributed by atoms with E-state index in [-0.39, 0.29) is 6.04 Å². The van der Waals surface area contributed by atoms with E-state index in [0.29, 0.717) is 0 Å². The number of aryl methyl sites for hydroxylation is 1. The maximum atomic E-state index is 5.72. The molecule has 2 nitrogen and oxygen atoms in total. The van der Waals surface area contributed by atoms with Gasteiger partial charge in [-0.05, 0) is 44.9 Å². The van der Waals surface area contributed by atoms with E-state index in [2.05, 4.69) is 64.0 Å². The molecule has 1 unspecified atom stereocenters. The molecule has 4 heteroatoms. The highest BCUT2D eigenvalue weighted by Crippen LogP contribution is 2.34. The quantitative estimate of drug-likeness (QED) is 0.668. The summed E-state index contributed by atoms with van der Waals surface area (Å²) in [5.74, 6) is 5.72. The zero-order valence-corrected chi connectivity index (χ0v) is 12.0. The van der Waals surface area contributed by atoms with Crippen LogP contribution in [0.3, 0.4) is 0 Å². The Morgan fingerprint density at radius 1 is 1.35 bits per heavy atom. The lowest BCUT2D eigenvalue weighted by molar-refractivity contribution is 0.639. The zero-order valence-electron chi connectivity index (χ0n) is 9.61. The van der Waals surface area contributed by atoms with Gasteiger partial charge in [0.05, 0.1) is 6.04 Å². The van der Waals surface area contributed by atoms with Crippen LogP contribution < -0.4 is 11.3 Å².